The fraction of sp³-hybridized carbons (Fsp3) is 0.579. The molecule has 0 bridgehead atoms. The van der Waals surface area contributed by atoms with Gasteiger partial charge in [-0.25, -0.2) is 4.79 Å². The summed E-state index contributed by atoms with van der Waals surface area (Å²) in [7, 11) is 1.72. The smallest absolute Gasteiger partial charge is 0.317 e. The lowest BCUT2D eigenvalue weighted by Gasteiger charge is -2.26. The Labute approximate surface area is 148 Å². The number of carbonyl (C=O) groups excluding carboxylic acids is 1. The monoisotopic (exact) mass is 348 g/mol. The van der Waals surface area contributed by atoms with E-state index in [1.165, 1.54) is 0 Å². The van der Waals surface area contributed by atoms with E-state index in [1.807, 2.05) is 30.3 Å². The third-order valence-corrected chi connectivity index (χ3v) is 4.83. The molecule has 0 saturated heterocycles. The minimum Gasteiger partial charge on any atom is -0.481 e. The number of nitrogens with one attached hydrogen (secondary N) is 1. The molecular weight excluding hydrogens is 320 g/mol. The van der Waals surface area contributed by atoms with Crippen molar-refractivity contribution in [3.63, 3.8) is 0 Å². The first-order valence-electron chi connectivity index (χ1n) is 8.91. The third kappa shape index (κ3) is 6.38. The van der Waals surface area contributed by atoms with E-state index in [1.54, 1.807) is 11.9 Å². The van der Waals surface area contributed by atoms with Gasteiger partial charge in [-0.05, 0) is 31.2 Å². The molecule has 1 aromatic rings. The Kier molecular flexibility index (Phi) is 7.25. The molecule has 3 atom stereocenters. The van der Waals surface area contributed by atoms with Crippen LogP contribution in [0.15, 0.2) is 30.3 Å². The number of nitrogens with zero attached hydrogens (tertiary/aromatic N) is 1. The number of hydrogen-bond donors (Lipinski definition) is 3. The Balaban J connectivity index is 1.91. The van der Waals surface area contributed by atoms with Gasteiger partial charge in [0.1, 0.15) is 0 Å². The van der Waals surface area contributed by atoms with Gasteiger partial charge in [-0.1, -0.05) is 36.8 Å². The van der Waals surface area contributed by atoms with E-state index >= 15 is 0 Å². The SMILES string of the molecule is CN(CC1CCCC1O)C(=O)NC(CCC(=O)O)Cc1ccccc1. The lowest BCUT2D eigenvalue weighted by atomic mass is 10.0. The van der Waals surface area contributed by atoms with E-state index in [0.717, 1.165) is 24.8 Å². The van der Waals surface area contributed by atoms with Crippen LogP contribution in [0.3, 0.4) is 0 Å². The van der Waals surface area contributed by atoms with Crippen LogP contribution in [0.1, 0.15) is 37.7 Å². The number of aliphatic carboxylic acids is 1. The van der Waals surface area contributed by atoms with Crippen LogP contribution in [0.5, 0.6) is 0 Å². The Morgan fingerprint density at radius 1 is 1.28 bits per heavy atom. The van der Waals surface area contributed by atoms with Gasteiger partial charge in [0.15, 0.2) is 0 Å². The van der Waals surface area contributed by atoms with Crippen LogP contribution in [0.2, 0.25) is 0 Å². The molecule has 3 unspecified atom stereocenters. The zero-order chi connectivity index (χ0) is 18.2. The molecule has 1 saturated carbocycles. The van der Waals surface area contributed by atoms with Gasteiger partial charge in [0, 0.05) is 32.0 Å². The summed E-state index contributed by atoms with van der Waals surface area (Å²) < 4.78 is 0. The van der Waals surface area contributed by atoms with Crippen molar-refractivity contribution in [2.75, 3.05) is 13.6 Å². The van der Waals surface area contributed by atoms with Crippen LogP contribution in [0, 0.1) is 5.92 Å². The van der Waals surface area contributed by atoms with Crippen molar-refractivity contribution in [3.05, 3.63) is 35.9 Å². The van der Waals surface area contributed by atoms with Crippen LogP contribution >= 0.6 is 0 Å². The number of amides is 2. The summed E-state index contributed by atoms with van der Waals surface area (Å²) >= 11 is 0. The second-order valence-electron chi connectivity index (χ2n) is 6.91. The summed E-state index contributed by atoms with van der Waals surface area (Å²) in [6, 6.07) is 9.27. The average Bonchev–Trinajstić information content (AvgIpc) is 2.98. The highest BCUT2D eigenvalue weighted by Gasteiger charge is 2.28. The topological polar surface area (TPSA) is 89.9 Å². The highest BCUT2D eigenvalue weighted by atomic mass is 16.4. The number of benzene rings is 1. The van der Waals surface area contributed by atoms with E-state index in [9.17, 15) is 14.7 Å². The fourth-order valence-electron chi connectivity index (χ4n) is 3.37. The van der Waals surface area contributed by atoms with E-state index in [2.05, 4.69) is 5.32 Å². The van der Waals surface area contributed by atoms with Crippen LogP contribution in [-0.4, -0.2) is 52.9 Å². The standard InChI is InChI=1S/C19H28N2O4/c1-21(13-15-8-5-9-17(15)22)19(25)20-16(10-11-18(23)24)12-14-6-3-2-4-7-14/h2-4,6-7,15-17,22H,5,8-13H2,1H3,(H,20,25)(H,23,24). The number of hydrogen-bond acceptors (Lipinski definition) is 3. The molecule has 138 valence electrons. The zero-order valence-corrected chi connectivity index (χ0v) is 14.7. The lowest BCUT2D eigenvalue weighted by Crippen LogP contribution is -2.46. The van der Waals surface area contributed by atoms with Crippen molar-refractivity contribution in [2.24, 2.45) is 5.92 Å². The number of rotatable bonds is 8. The first kappa shape index (κ1) is 19.2. The first-order chi connectivity index (χ1) is 12.0. The van der Waals surface area contributed by atoms with Gasteiger partial charge in [0.25, 0.3) is 0 Å². The Hall–Kier alpha value is -2.08. The molecule has 0 radical (unpaired) electrons. The predicted molar refractivity (Wildman–Crippen MR) is 95.3 cm³/mol. The van der Waals surface area contributed by atoms with Gasteiger partial charge in [0.2, 0.25) is 0 Å². The maximum absolute atomic E-state index is 12.5. The number of urea groups is 1. The summed E-state index contributed by atoms with van der Waals surface area (Å²) in [5.74, 6) is -0.739. The van der Waals surface area contributed by atoms with Crippen molar-refractivity contribution in [2.45, 2.75) is 50.7 Å². The molecule has 1 aliphatic rings. The highest BCUT2D eigenvalue weighted by molar-refractivity contribution is 5.74. The Morgan fingerprint density at radius 2 is 2.00 bits per heavy atom. The van der Waals surface area contributed by atoms with Gasteiger partial charge in [0.05, 0.1) is 6.10 Å². The first-order valence-corrected chi connectivity index (χ1v) is 8.91. The van der Waals surface area contributed by atoms with E-state index in [4.69, 9.17) is 5.11 Å². The number of aliphatic hydroxyl groups excluding tert-OH is 1. The van der Waals surface area contributed by atoms with Crippen LogP contribution < -0.4 is 5.32 Å². The average molecular weight is 348 g/mol. The van der Waals surface area contributed by atoms with Gasteiger partial charge < -0.3 is 20.4 Å². The van der Waals surface area contributed by atoms with Crippen LogP contribution in [0.25, 0.3) is 0 Å². The second kappa shape index (κ2) is 9.42. The molecule has 2 amide bonds. The minimum atomic E-state index is -0.866. The molecule has 1 aromatic carbocycles. The Bertz CT molecular complexity index is 564. The van der Waals surface area contributed by atoms with E-state index in [-0.39, 0.29) is 30.5 Å². The van der Waals surface area contributed by atoms with Crippen molar-refractivity contribution in [3.8, 4) is 0 Å². The van der Waals surface area contributed by atoms with Crippen molar-refractivity contribution in [1.82, 2.24) is 10.2 Å². The molecule has 6 heteroatoms. The van der Waals surface area contributed by atoms with Gasteiger partial charge in [-0.2, -0.15) is 0 Å². The highest BCUT2D eigenvalue weighted by Crippen LogP contribution is 2.26. The molecule has 3 N–H and O–H groups in total. The zero-order valence-electron chi connectivity index (χ0n) is 14.7. The molecule has 1 aliphatic carbocycles. The summed E-state index contributed by atoms with van der Waals surface area (Å²) in [4.78, 5) is 25.0. The molecule has 0 heterocycles. The molecule has 6 nitrogen and oxygen atoms in total. The van der Waals surface area contributed by atoms with Crippen molar-refractivity contribution < 1.29 is 19.8 Å². The molecule has 0 spiro atoms. The van der Waals surface area contributed by atoms with Gasteiger partial charge in [-0.15, -0.1) is 0 Å². The maximum Gasteiger partial charge on any atom is 0.317 e. The summed E-state index contributed by atoms with van der Waals surface area (Å²) in [5.41, 5.74) is 1.06. The summed E-state index contributed by atoms with van der Waals surface area (Å²) in [6.07, 6.45) is 3.40. The Morgan fingerprint density at radius 3 is 2.60 bits per heavy atom. The largest absolute Gasteiger partial charge is 0.481 e. The van der Waals surface area contributed by atoms with E-state index < -0.39 is 5.97 Å². The molecule has 25 heavy (non-hydrogen) atoms. The number of carboxylic acids is 1. The van der Waals surface area contributed by atoms with Crippen molar-refractivity contribution in [1.29, 1.82) is 0 Å². The molecule has 2 rings (SSSR count). The summed E-state index contributed by atoms with van der Waals surface area (Å²) in [6.45, 7) is 0.518. The quantitative estimate of drug-likeness (QED) is 0.672. The second-order valence-corrected chi connectivity index (χ2v) is 6.91. The molecular formula is C19H28N2O4. The molecule has 0 aromatic heterocycles. The lowest BCUT2D eigenvalue weighted by molar-refractivity contribution is -0.137. The van der Waals surface area contributed by atoms with Crippen LogP contribution in [0.4, 0.5) is 4.79 Å². The predicted octanol–water partition coefficient (Wildman–Crippen LogP) is 2.26. The van der Waals surface area contributed by atoms with Crippen LogP contribution in [-0.2, 0) is 11.2 Å². The third-order valence-electron chi connectivity index (χ3n) is 4.83. The summed E-state index contributed by atoms with van der Waals surface area (Å²) in [5, 5.41) is 21.8. The normalized spacial score (nSPS) is 20.9. The maximum atomic E-state index is 12.5. The van der Waals surface area contributed by atoms with Gasteiger partial charge >= 0.3 is 12.0 Å². The molecule has 0 aliphatic heterocycles. The number of aliphatic hydroxyl groups is 1. The number of carboxylic acid groups (broad SMARTS) is 1. The number of carbonyl (C=O) groups is 2. The molecule has 1 fully saturated rings. The fourth-order valence-corrected chi connectivity index (χ4v) is 3.37. The van der Waals surface area contributed by atoms with Crippen molar-refractivity contribution >= 4 is 12.0 Å². The van der Waals surface area contributed by atoms with E-state index in [0.29, 0.717) is 19.4 Å². The minimum absolute atomic E-state index is 0.0167. The van der Waals surface area contributed by atoms with Gasteiger partial charge in [-0.3, -0.25) is 4.79 Å².